The Bertz CT molecular complexity index is 534. The molecule has 5 heteroatoms. The van der Waals surface area contributed by atoms with Gasteiger partial charge in [-0.2, -0.15) is 4.39 Å². The number of hydrogen-bond acceptors (Lipinski definition) is 3. The smallest absolute Gasteiger partial charge is 0.214 e. The number of nitrogens with zero attached hydrogens (tertiary/aromatic N) is 1. The van der Waals surface area contributed by atoms with E-state index >= 15 is 0 Å². The van der Waals surface area contributed by atoms with E-state index in [0.29, 0.717) is 16.6 Å². The van der Waals surface area contributed by atoms with Gasteiger partial charge in [0.15, 0.2) is 0 Å². The van der Waals surface area contributed by atoms with Crippen molar-refractivity contribution in [1.82, 2.24) is 4.98 Å². The van der Waals surface area contributed by atoms with Crippen molar-refractivity contribution < 1.29 is 9.13 Å². The van der Waals surface area contributed by atoms with E-state index in [4.69, 9.17) is 16.3 Å². The summed E-state index contributed by atoms with van der Waals surface area (Å²) in [5, 5.41) is 3.48. The van der Waals surface area contributed by atoms with Crippen LogP contribution in [0.5, 0.6) is 5.75 Å². The Labute approximate surface area is 103 Å². The molecular formula is C12H10ClFN2O. The van der Waals surface area contributed by atoms with Crippen molar-refractivity contribution in [2.45, 2.75) is 0 Å². The van der Waals surface area contributed by atoms with Gasteiger partial charge >= 0.3 is 0 Å². The molecule has 0 saturated heterocycles. The molecular weight excluding hydrogens is 243 g/mol. The quantitative estimate of drug-likeness (QED) is 0.847. The highest BCUT2D eigenvalue weighted by Gasteiger charge is 2.03. The number of pyridine rings is 1. The van der Waals surface area contributed by atoms with Crippen molar-refractivity contribution in [3.63, 3.8) is 0 Å². The first-order valence-corrected chi connectivity index (χ1v) is 5.30. The van der Waals surface area contributed by atoms with Gasteiger partial charge in [-0.1, -0.05) is 17.7 Å². The number of rotatable bonds is 3. The van der Waals surface area contributed by atoms with Crippen LogP contribution in [0.3, 0.4) is 0 Å². The first-order chi connectivity index (χ1) is 8.19. The monoisotopic (exact) mass is 252 g/mol. The van der Waals surface area contributed by atoms with Crippen LogP contribution in [0.1, 0.15) is 0 Å². The van der Waals surface area contributed by atoms with E-state index < -0.39 is 5.95 Å². The van der Waals surface area contributed by atoms with Gasteiger partial charge in [-0.3, -0.25) is 0 Å². The standard InChI is InChI=1S/C12H10ClFN2O/c1-17-10-7-8(5-6-9(10)13)15-12-4-2-3-11(14)16-12/h2-7H,1H3,(H,15,16). The molecule has 0 bridgehead atoms. The number of nitrogens with one attached hydrogen (secondary N) is 1. The molecule has 2 aromatic rings. The summed E-state index contributed by atoms with van der Waals surface area (Å²) in [7, 11) is 1.53. The topological polar surface area (TPSA) is 34.1 Å². The predicted molar refractivity (Wildman–Crippen MR) is 65.5 cm³/mol. The van der Waals surface area contributed by atoms with E-state index in [1.54, 1.807) is 30.3 Å². The van der Waals surface area contributed by atoms with Crippen LogP contribution >= 0.6 is 11.6 Å². The molecule has 0 saturated carbocycles. The predicted octanol–water partition coefficient (Wildman–Crippen LogP) is 3.63. The maximum Gasteiger partial charge on any atom is 0.214 e. The molecule has 2 rings (SSSR count). The number of aromatic nitrogens is 1. The highest BCUT2D eigenvalue weighted by Crippen LogP contribution is 2.28. The Hall–Kier alpha value is -1.81. The van der Waals surface area contributed by atoms with Crippen LogP contribution < -0.4 is 10.1 Å². The molecule has 0 unspecified atom stereocenters. The highest BCUT2D eigenvalue weighted by molar-refractivity contribution is 6.32. The Kier molecular flexibility index (Phi) is 3.44. The van der Waals surface area contributed by atoms with Crippen molar-refractivity contribution >= 4 is 23.1 Å². The van der Waals surface area contributed by atoms with Gasteiger partial charge in [0, 0.05) is 11.8 Å². The maximum atomic E-state index is 12.9. The molecule has 0 radical (unpaired) electrons. The van der Waals surface area contributed by atoms with Gasteiger partial charge in [-0.15, -0.1) is 0 Å². The molecule has 0 spiro atoms. The molecule has 0 aliphatic heterocycles. The fraction of sp³-hybridized carbons (Fsp3) is 0.0833. The summed E-state index contributed by atoms with van der Waals surface area (Å²) >= 11 is 5.90. The average Bonchev–Trinajstić information content (AvgIpc) is 2.32. The average molecular weight is 253 g/mol. The summed E-state index contributed by atoms with van der Waals surface area (Å²) in [5.41, 5.74) is 0.726. The molecule has 0 aliphatic rings. The van der Waals surface area contributed by atoms with Gasteiger partial charge in [-0.25, -0.2) is 4.98 Å². The van der Waals surface area contributed by atoms with E-state index in [2.05, 4.69) is 10.3 Å². The molecule has 0 atom stereocenters. The minimum absolute atomic E-state index is 0.425. The van der Waals surface area contributed by atoms with Gasteiger partial charge in [0.1, 0.15) is 11.6 Å². The lowest BCUT2D eigenvalue weighted by Crippen LogP contribution is -1.95. The molecule has 1 aromatic carbocycles. The molecule has 3 nitrogen and oxygen atoms in total. The van der Waals surface area contributed by atoms with Crippen molar-refractivity contribution in [3.8, 4) is 5.75 Å². The fourth-order valence-electron chi connectivity index (χ4n) is 1.36. The number of anilines is 2. The van der Waals surface area contributed by atoms with Crippen LogP contribution in [0, 0.1) is 5.95 Å². The van der Waals surface area contributed by atoms with E-state index in [0.717, 1.165) is 5.69 Å². The van der Waals surface area contributed by atoms with Gasteiger partial charge in [0.05, 0.1) is 12.1 Å². The van der Waals surface area contributed by atoms with E-state index in [9.17, 15) is 4.39 Å². The first kappa shape index (κ1) is 11.7. The summed E-state index contributed by atoms with van der Waals surface area (Å²) in [6, 6.07) is 9.71. The third-order valence-electron chi connectivity index (χ3n) is 2.14. The second kappa shape index (κ2) is 5.01. The molecule has 1 heterocycles. The Morgan fingerprint density at radius 2 is 2.12 bits per heavy atom. The molecule has 0 aliphatic carbocycles. The summed E-state index contributed by atoms with van der Waals surface area (Å²) in [5.74, 6) is 0.443. The fourth-order valence-corrected chi connectivity index (χ4v) is 1.56. The van der Waals surface area contributed by atoms with E-state index in [1.165, 1.54) is 13.2 Å². The molecule has 0 fully saturated rings. The third-order valence-corrected chi connectivity index (χ3v) is 2.45. The normalized spacial score (nSPS) is 10.1. The van der Waals surface area contributed by atoms with E-state index in [1.807, 2.05) is 0 Å². The molecule has 17 heavy (non-hydrogen) atoms. The van der Waals surface area contributed by atoms with Gasteiger partial charge in [0.2, 0.25) is 5.95 Å². The third kappa shape index (κ3) is 2.85. The number of methoxy groups -OCH3 is 1. The second-order valence-corrected chi connectivity index (χ2v) is 3.73. The van der Waals surface area contributed by atoms with Crippen molar-refractivity contribution in [3.05, 3.63) is 47.4 Å². The lowest BCUT2D eigenvalue weighted by Gasteiger charge is -2.08. The zero-order valence-electron chi connectivity index (χ0n) is 9.08. The maximum absolute atomic E-state index is 12.9. The Balaban J connectivity index is 2.24. The Morgan fingerprint density at radius 3 is 2.82 bits per heavy atom. The van der Waals surface area contributed by atoms with Crippen molar-refractivity contribution in [1.29, 1.82) is 0 Å². The number of halogens is 2. The van der Waals surface area contributed by atoms with Crippen LogP contribution in [0.15, 0.2) is 36.4 Å². The largest absolute Gasteiger partial charge is 0.495 e. The van der Waals surface area contributed by atoms with Crippen LogP contribution in [0.25, 0.3) is 0 Å². The second-order valence-electron chi connectivity index (χ2n) is 3.32. The molecule has 1 N–H and O–H groups in total. The summed E-state index contributed by atoms with van der Waals surface area (Å²) in [4.78, 5) is 3.69. The summed E-state index contributed by atoms with van der Waals surface area (Å²) < 4.78 is 18.0. The van der Waals surface area contributed by atoms with E-state index in [-0.39, 0.29) is 0 Å². The van der Waals surface area contributed by atoms with Gasteiger partial charge < -0.3 is 10.1 Å². The lowest BCUT2D eigenvalue weighted by molar-refractivity contribution is 0.415. The number of hydrogen-bond donors (Lipinski definition) is 1. The zero-order chi connectivity index (χ0) is 12.3. The molecule has 0 amide bonds. The first-order valence-electron chi connectivity index (χ1n) is 4.92. The molecule has 1 aromatic heterocycles. The van der Waals surface area contributed by atoms with Crippen LogP contribution in [-0.2, 0) is 0 Å². The van der Waals surface area contributed by atoms with Crippen LogP contribution in [0.4, 0.5) is 15.9 Å². The van der Waals surface area contributed by atoms with Crippen molar-refractivity contribution in [2.24, 2.45) is 0 Å². The van der Waals surface area contributed by atoms with Crippen LogP contribution in [-0.4, -0.2) is 12.1 Å². The summed E-state index contributed by atoms with van der Waals surface area (Å²) in [6.45, 7) is 0. The van der Waals surface area contributed by atoms with Gasteiger partial charge in [-0.05, 0) is 24.3 Å². The minimum Gasteiger partial charge on any atom is -0.495 e. The van der Waals surface area contributed by atoms with Crippen molar-refractivity contribution in [2.75, 3.05) is 12.4 Å². The lowest BCUT2D eigenvalue weighted by atomic mass is 10.3. The Morgan fingerprint density at radius 1 is 1.29 bits per heavy atom. The number of ether oxygens (including phenoxy) is 1. The molecule has 88 valence electrons. The van der Waals surface area contributed by atoms with Crippen LogP contribution in [0.2, 0.25) is 5.02 Å². The number of benzene rings is 1. The minimum atomic E-state index is -0.532. The zero-order valence-corrected chi connectivity index (χ0v) is 9.83. The van der Waals surface area contributed by atoms with Gasteiger partial charge in [0.25, 0.3) is 0 Å². The highest BCUT2D eigenvalue weighted by atomic mass is 35.5. The summed E-state index contributed by atoms with van der Waals surface area (Å²) in [6.07, 6.45) is 0. The SMILES string of the molecule is COc1cc(Nc2cccc(F)n2)ccc1Cl.